The summed E-state index contributed by atoms with van der Waals surface area (Å²) in [5.74, 6) is -0.809. The van der Waals surface area contributed by atoms with E-state index in [9.17, 15) is 9.59 Å². The average Bonchev–Trinajstić information content (AvgIpc) is 2.41. The predicted octanol–water partition coefficient (Wildman–Crippen LogP) is 2.02. The molecule has 0 radical (unpaired) electrons. The molecule has 0 aliphatic carbocycles. The summed E-state index contributed by atoms with van der Waals surface area (Å²) in [5.41, 5.74) is 1.37. The van der Waals surface area contributed by atoms with Gasteiger partial charge in [-0.1, -0.05) is 11.6 Å². The quantitative estimate of drug-likeness (QED) is 0.786. The zero-order valence-corrected chi connectivity index (χ0v) is 11.6. The molecule has 0 saturated carbocycles. The Balaban J connectivity index is 2.01. The standard InChI is InChI=1S/C15H20N2O3/c1-10-4-5-13(12(7-10)15(19)20)17-14(18)8-11-3-2-6-16-9-11/h4-5,7,11,16H,2-3,6,8-9H2,1H3,(H,17,18)(H,19,20). The number of carboxylic acid groups (broad SMARTS) is 1. The Hall–Kier alpha value is -1.88. The number of anilines is 1. The zero-order valence-electron chi connectivity index (χ0n) is 11.6. The molecule has 1 aliphatic rings. The number of aryl methyl sites for hydroxylation is 1. The fourth-order valence-electron chi connectivity index (χ4n) is 2.51. The first-order valence-corrected chi connectivity index (χ1v) is 6.91. The van der Waals surface area contributed by atoms with Crippen LogP contribution in [-0.2, 0) is 4.79 Å². The lowest BCUT2D eigenvalue weighted by Gasteiger charge is -2.22. The summed E-state index contributed by atoms with van der Waals surface area (Å²) in [6.07, 6.45) is 2.56. The molecular formula is C15H20N2O3. The van der Waals surface area contributed by atoms with E-state index in [4.69, 9.17) is 5.11 Å². The predicted molar refractivity (Wildman–Crippen MR) is 77.0 cm³/mol. The van der Waals surface area contributed by atoms with Gasteiger partial charge in [-0.15, -0.1) is 0 Å². The van der Waals surface area contributed by atoms with Crippen LogP contribution in [0.1, 0.15) is 35.2 Å². The third kappa shape index (κ3) is 3.81. The van der Waals surface area contributed by atoms with Crippen molar-refractivity contribution < 1.29 is 14.7 Å². The van der Waals surface area contributed by atoms with E-state index in [1.54, 1.807) is 18.2 Å². The highest BCUT2D eigenvalue weighted by atomic mass is 16.4. The fourth-order valence-corrected chi connectivity index (χ4v) is 2.51. The normalized spacial score (nSPS) is 18.6. The molecular weight excluding hydrogens is 256 g/mol. The second kappa shape index (κ2) is 6.52. The van der Waals surface area contributed by atoms with Gasteiger partial charge in [-0.2, -0.15) is 0 Å². The molecule has 1 heterocycles. The minimum Gasteiger partial charge on any atom is -0.478 e. The molecule has 0 bridgehead atoms. The molecule has 1 fully saturated rings. The molecule has 1 atom stereocenters. The molecule has 20 heavy (non-hydrogen) atoms. The third-order valence-electron chi connectivity index (χ3n) is 3.55. The fraction of sp³-hybridized carbons (Fsp3) is 0.467. The molecule has 3 N–H and O–H groups in total. The van der Waals surface area contributed by atoms with Gasteiger partial charge in [0.1, 0.15) is 0 Å². The van der Waals surface area contributed by atoms with Crippen LogP contribution < -0.4 is 10.6 Å². The summed E-state index contributed by atoms with van der Waals surface area (Å²) in [4.78, 5) is 23.2. The van der Waals surface area contributed by atoms with Gasteiger partial charge in [0, 0.05) is 6.42 Å². The van der Waals surface area contributed by atoms with Crippen LogP contribution >= 0.6 is 0 Å². The number of rotatable bonds is 4. The number of hydrogen-bond acceptors (Lipinski definition) is 3. The summed E-state index contributed by atoms with van der Waals surface area (Å²) in [5, 5.41) is 15.1. The first-order valence-electron chi connectivity index (χ1n) is 6.91. The monoisotopic (exact) mass is 276 g/mol. The lowest BCUT2D eigenvalue weighted by Crippen LogP contribution is -2.32. The van der Waals surface area contributed by atoms with E-state index in [-0.39, 0.29) is 11.5 Å². The number of carboxylic acids is 1. The number of aromatic carboxylic acids is 1. The number of carbonyl (C=O) groups excluding carboxylic acids is 1. The average molecular weight is 276 g/mol. The van der Waals surface area contributed by atoms with E-state index in [0.29, 0.717) is 18.0 Å². The van der Waals surface area contributed by atoms with Crippen molar-refractivity contribution in [2.45, 2.75) is 26.2 Å². The van der Waals surface area contributed by atoms with Gasteiger partial charge < -0.3 is 15.7 Å². The van der Waals surface area contributed by atoms with Gasteiger partial charge in [-0.05, 0) is 50.9 Å². The summed E-state index contributed by atoms with van der Waals surface area (Å²) in [6, 6.07) is 5.01. The number of carbonyl (C=O) groups is 2. The van der Waals surface area contributed by atoms with Crippen LogP contribution in [0.2, 0.25) is 0 Å². The van der Waals surface area contributed by atoms with Crippen LogP contribution in [0.15, 0.2) is 18.2 Å². The molecule has 5 heteroatoms. The van der Waals surface area contributed by atoms with E-state index in [1.807, 2.05) is 6.92 Å². The van der Waals surface area contributed by atoms with Gasteiger partial charge in [-0.25, -0.2) is 4.79 Å². The second-order valence-corrected chi connectivity index (χ2v) is 5.32. The highest BCUT2D eigenvalue weighted by Crippen LogP contribution is 2.20. The van der Waals surface area contributed by atoms with Crippen LogP contribution in [-0.4, -0.2) is 30.1 Å². The Morgan fingerprint density at radius 1 is 1.45 bits per heavy atom. The SMILES string of the molecule is Cc1ccc(NC(=O)CC2CCCNC2)c(C(=O)O)c1. The summed E-state index contributed by atoms with van der Waals surface area (Å²) in [6.45, 7) is 3.69. The van der Waals surface area contributed by atoms with Crippen molar-refractivity contribution in [3.8, 4) is 0 Å². The van der Waals surface area contributed by atoms with Crippen LogP contribution in [0, 0.1) is 12.8 Å². The van der Waals surface area contributed by atoms with Gasteiger partial charge in [0.15, 0.2) is 0 Å². The van der Waals surface area contributed by atoms with Crippen molar-refractivity contribution in [2.75, 3.05) is 18.4 Å². The Bertz CT molecular complexity index is 508. The maximum Gasteiger partial charge on any atom is 0.337 e. The second-order valence-electron chi connectivity index (χ2n) is 5.32. The van der Waals surface area contributed by atoms with Crippen molar-refractivity contribution in [2.24, 2.45) is 5.92 Å². The van der Waals surface area contributed by atoms with E-state index in [1.165, 1.54) is 0 Å². The topological polar surface area (TPSA) is 78.4 Å². The van der Waals surface area contributed by atoms with Gasteiger partial charge in [0.25, 0.3) is 0 Å². The first-order chi connectivity index (χ1) is 9.56. The van der Waals surface area contributed by atoms with E-state index in [2.05, 4.69) is 10.6 Å². The Morgan fingerprint density at radius 3 is 2.90 bits per heavy atom. The molecule has 1 aromatic carbocycles. The summed E-state index contributed by atoms with van der Waals surface area (Å²) < 4.78 is 0. The molecule has 1 saturated heterocycles. The molecule has 0 spiro atoms. The van der Waals surface area contributed by atoms with Gasteiger partial charge in [0.2, 0.25) is 5.91 Å². The smallest absolute Gasteiger partial charge is 0.337 e. The van der Waals surface area contributed by atoms with E-state index >= 15 is 0 Å². The number of nitrogens with one attached hydrogen (secondary N) is 2. The molecule has 0 aromatic heterocycles. The molecule has 1 aliphatic heterocycles. The number of hydrogen-bond donors (Lipinski definition) is 3. The summed E-state index contributed by atoms with van der Waals surface area (Å²) in [7, 11) is 0. The van der Waals surface area contributed by atoms with Gasteiger partial charge in [0.05, 0.1) is 11.3 Å². The lowest BCUT2D eigenvalue weighted by atomic mass is 9.96. The third-order valence-corrected chi connectivity index (χ3v) is 3.55. The molecule has 1 unspecified atom stereocenters. The van der Waals surface area contributed by atoms with Crippen LogP contribution in [0.3, 0.4) is 0 Å². The largest absolute Gasteiger partial charge is 0.478 e. The maximum absolute atomic E-state index is 12.0. The molecule has 1 amide bonds. The molecule has 108 valence electrons. The number of piperidine rings is 1. The molecule has 2 rings (SSSR count). The van der Waals surface area contributed by atoms with Crippen LogP contribution in [0.5, 0.6) is 0 Å². The number of amides is 1. The first kappa shape index (κ1) is 14.5. The van der Waals surface area contributed by atoms with Crippen molar-refractivity contribution >= 4 is 17.6 Å². The van der Waals surface area contributed by atoms with Gasteiger partial charge >= 0.3 is 5.97 Å². The Labute approximate surface area is 118 Å². The van der Waals surface area contributed by atoms with E-state index < -0.39 is 5.97 Å². The van der Waals surface area contributed by atoms with Crippen molar-refractivity contribution in [3.63, 3.8) is 0 Å². The Morgan fingerprint density at radius 2 is 2.25 bits per heavy atom. The lowest BCUT2D eigenvalue weighted by molar-refractivity contribution is -0.117. The highest BCUT2D eigenvalue weighted by molar-refractivity contribution is 6.00. The van der Waals surface area contributed by atoms with Crippen molar-refractivity contribution in [1.29, 1.82) is 0 Å². The minimum absolute atomic E-state index is 0.120. The number of benzene rings is 1. The molecule has 1 aromatic rings. The van der Waals surface area contributed by atoms with Crippen molar-refractivity contribution in [1.82, 2.24) is 5.32 Å². The van der Waals surface area contributed by atoms with Crippen LogP contribution in [0.25, 0.3) is 0 Å². The van der Waals surface area contributed by atoms with Crippen molar-refractivity contribution in [3.05, 3.63) is 29.3 Å². The van der Waals surface area contributed by atoms with Gasteiger partial charge in [-0.3, -0.25) is 4.79 Å². The van der Waals surface area contributed by atoms with E-state index in [0.717, 1.165) is 31.5 Å². The highest BCUT2D eigenvalue weighted by Gasteiger charge is 2.18. The summed E-state index contributed by atoms with van der Waals surface area (Å²) >= 11 is 0. The Kier molecular flexibility index (Phi) is 4.74. The maximum atomic E-state index is 12.0. The minimum atomic E-state index is -1.02. The molecule has 5 nitrogen and oxygen atoms in total. The zero-order chi connectivity index (χ0) is 14.5. The van der Waals surface area contributed by atoms with Crippen LogP contribution in [0.4, 0.5) is 5.69 Å².